The minimum atomic E-state index is -0.494. The van der Waals surface area contributed by atoms with E-state index in [1.54, 1.807) is 6.08 Å². The molecule has 0 unspecified atom stereocenters. The lowest BCUT2D eigenvalue weighted by atomic mass is 10.1. The number of ketones is 1. The summed E-state index contributed by atoms with van der Waals surface area (Å²) < 4.78 is 2.09. The van der Waals surface area contributed by atoms with Gasteiger partial charge in [0.25, 0.3) is 0 Å². The number of hydrogen-bond donors (Lipinski definition) is 1. The van der Waals surface area contributed by atoms with Crippen molar-refractivity contribution in [2.24, 2.45) is 0 Å². The molecular formula is C26H24N2O2S. The minimum absolute atomic E-state index is 0.0135. The van der Waals surface area contributed by atoms with Gasteiger partial charge in [0, 0.05) is 41.4 Å². The Morgan fingerprint density at radius 2 is 1.90 bits per heavy atom. The molecule has 0 aliphatic carbocycles. The van der Waals surface area contributed by atoms with Crippen LogP contribution in [0.4, 0.5) is 5.69 Å². The van der Waals surface area contributed by atoms with Crippen LogP contribution in [-0.4, -0.2) is 34.7 Å². The number of thiophene rings is 1. The number of β-amino-alcohol motifs (C(OH)–C–C–N with tert-alkyl or cyclic N) is 1. The third kappa shape index (κ3) is 4.07. The molecule has 5 heteroatoms. The molecule has 156 valence electrons. The maximum atomic E-state index is 12.4. The molecule has 1 aliphatic rings. The van der Waals surface area contributed by atoms with Gasteiger partial charge in [-0.15, -0.1) is 11.3 Å². The molecule has 0 saturated carbocycles. The third-order valence-corrected chi connectivity index (χ3v) is 6.70. The van der Waals surface area contributed by atoms with Gasteiger partial charge in [-0.05, 0) is 47.7 Å². The van der Waals surface area contributed by atoms with E-state index < -0.39 is 6.10 Å². The molecule has 4 aromatic rings. The first-order chi connectivity index (χ1) is 15.2. The van der Waals surface area contributed by atoms with Crippen LogP contribution in [0, 0.1) is 0 Å². The van der Waals surface area contributed by atoms with E-state index in [-0.39, 0.29) is 5.78 Å². The van der Waals surface area contributed by atoms with E-state index in [0.29, 0.717) is 13.1 Å². The van der Waals surface area contributed by atoms with Crippen molar-refractivity contribution in [3.63, 3.8) is 0 Å². The molecule has 4 nitrogen and oxygen atoms in total. The van der Waals surface area contributed by atoms with E-state index in [0.717, 1.165) is 34.3 Å². The zero-order chi connectivity index (χ0) is 21.2. The Hall–Kier alpha value is -3.15. The monoisotopic (exact) mass is 428 g/mol. The third-order valence-electron chi connectivity index (χ3n) is 5.82. The Labute approximate surface area is 185 Å². The lowest BCUT2D eigenvalue weighted by Crippen LogP contribution is -2.33. The molecule has 1 N–H and O–H groups in total. The number of aliphatic hydroxyl groups is 1. The fourth-order valence-corrected chi connectivity index (χ4v) is 5.01. The van der Waals surface area contributed by atoms with Gasteiger partial charge in [-0.3, -0.25) is 4.79 Å². The van der Waals surface area contributed by atoms with Gasteiger partial charge in [0.15, 0.2) is 5.78 Å². The van der Waals surface area contributed by atoms with Crippen molar-refractivity contribution in [1.82, 2.24) is 4.57 Å². The smallest absolute Gasteiger partial charge is 0.195 e. The van der Waals surface area contributed by atoms with E-state index in [2.05, 4.69) is 45.9 Å². The first kappa shape index (κ1) is 19.8. The molecular weight excluding hydrogens is 404 g/mol. The maximum absolute atomic E-state index is 12.4. The summed E-state index contributed by atoms with van der Waals surface area (Å²) in [7, 11) is 0. The van der Waals surface area contributed by atoms with E-state index >= 15 is 0 Å². The summed E-state index contributed by atoms with van der Waals surface area (Å²) in [5.74, 6) is 0.0135. The minimum Gasteiger partial charge on any atom is -0.389 e. The summed E-state index contributed by atoms with van der Waals surface area (Å²) in [5.41, 5.74) is 4.63. The van der Waals surface area contributed by atoms with Crippen LogP contribution in [0.5, 0.6) is 0 Å². The largest absolute Gasteiger partial charge is 0.389 e. The first-order valence-corrected chi connectivity index (χ1v) is 11.4. The number of nitrogens with zero attached hydrogens (tertiary/aromatic N) is 2. The lowest BCUT2D eigenvalue weighted by molar-refractivity contribution is 0.105. The average Bonchev–Trinajstić information content (AvgIpc) is 3.53. The van der Waals surface area contributed by atoms with Crippen LogP contribution in [0.15, 0.2) is 78.3 Å². The Morgan fingerprint density at radius 1 is 1.06 bits per heavy atom. The van der Waals surface area contributed by atoms with Crippen molar-refractivity contribution >= 4 is 39.8 Å². The molecule has 1 aliphatic heterocycles. The van der Waals surface area contributed by atoms with Gasteiger partial charge in [-0.25, -0.2) is 0 Å². The number of rotatable bonds is 7. The Kier molecular flexibility index (Phi) is 5.45. The fourth-order valence-electron chi connectivity index (χ4n) is 4.36. The molecule has 0 saturated heterocycles. The molecule has 0 amide bonds. The summed E-state index contributed by atoms with van der Waals surface area (Å²) in [5, 5.41) is 13.9. The molecule has 2 aromatic carbocycles. The second-order valence-corrected chi connectivity index (χ2v) is 8.86. The van der Waals surface area contributed by atoms with Crippen molar-refractivity contribution in [3.05, 3.63) is 94.3 Å². The molecule has 3 heterocycles. The number of aliphatic hydroxyl groups excluding tert-OH is 1. The normalized spacial score (nSPS) is 14.4. The van der Waals surface area contributed by atoms with Crippen molar-refractivity contribution < 1.29 is 9.90 Å². The number of anilines is 1. The van der Waals surface area contributed by atoms with Gasteiger partial charge in [-0.2, -0.15) is 0 Å². The lowest BCUT2D eigenvalue weighted by Gasteiger charge is -2.23. The van der Waals surface area contributed by atoms with Gasteiger partial charge < -0.3 is 14.6 Å². The second-order valence-electron chi connectivity index (χ2n) is 7.91. The number of carbonyl (C=O) groups is 1. The summed E-state index contributed by atoms with van der Waals surface area (Å²) in [6, 6.07) is 20.3. The summed E-state index contributed by atoms with van der Waals surface area (Å²) in [6.07, 6.45) is 6.08. The van der Waals surface area contributed by atoms with Gasteiger partial charge in [0.05, 0.1) is 17.5 Å². The Balaban J connectivity index is 1.35. The second kappa shape index (κ2) is 8.53. The molecule has 5 rings (SSSR count). The highest BCUT2D eigenvalue weighted by molar-refractivity contribution is 7.12. The van der Waals surface area contributed by atoms with Crippen LogP contribution in [-0.2, 0) is 13.0 Å². The van der Waals surface area contributed by atoms with Crippen LogP contribution < -0.4 is 4.90 Å². The van der Waals surface area contributed by atoms with Gasteiger partial charge in [0.2, 0.25) is 0 Å². The maximum Gasteiger partial charge on any atom is 0.195 e. The SMILES string of the molecule is O=C(/C=C/c1cn(C[C@@H](O)CN2CCc3ccccc32)c2ccccc12)c1cccs1. The van der Waals surface area contributed by atoms with Crippen LogP contribution >= 0.6 is 11.3 Å². The average molecular weight is 429 g/mol. The number of carbonyl (C=O) groups excluding carboxylic acids is 1. The van der Waals surface area contributed by atoms with E-state index in [9.17, 15) is 9.90 Å². The zero-order valence-electron chi connectivity index (χ0n) is 17.1. The zero-order valence-corrected chi connectivity index (χ0v) is 18.0. The molecule has 0 spiro atoms. The van der Waals surface area contributed by atoms with E-state index in [1.807, 2.05) is 41.9 Å². The number of fused-ring (bicyclic) bond motifs is 2. The van der Waals surface area contributed by atoms with Crippen molar-refractivity contribution in [1.29, 1.82) is 0 Å². The van der Waals surface area contributed by atoms with Crippen molar-refractivity contribution in [2.75, 3.05) is 18.0 Å². The van der Waals surface area contributed by atoms with Gasteiger partial charge in [-0.1, -0.05) is 42.5 Å². The molecule has 2 aromatic heterocycles. The summed E-state index contributed by atoms with van der Waals surface area (Å²) in [4.78, 5) is 15.4. The van der Waals surface area contributed by atoms with Crippen molar-refractivity contribution in [2.45, 2.75) is 19.1 Å². The number of allylic oxidation sites excluding steroid dienone is 1. The quantitative estimate of drug-likeness (QED) is 0.332. The predicted molar refractivity (Wildman–Crippen MR) is 128 cm³/mol. The van der Waals surface area contributed by atoms with E-state index in [4.69, 9.17) is 0 Å². The molecule has 0 radical (unpaired) electrons. The topological polar surface area (TPSA) is 45.5 Å². The van der Waals surface area contributed by atoms with E-state index in [1.165, 1.54) is 22.6 Å². The molecule has 0 bridgehead atoms. The Bertz CT molecular complexity index is 1240. The number of benzene rings is 2. The molecule has 1 atom stereocenters. The van der Waals surface area contributed by atoms with Gasteiger partial charge >= 0.3 is 0 Å². The van der Waals surface area contributed by atoms with Crippen LogP contribution in [0.2, 0.25) is 0 Å². The number of hydrogen-bond acceptors (Lipinski definition) is 4. The molecule has 0 fully saturated rings. The summed E-state index contributed by atoms with van der Waals surface area (Å²) in [6.45, 7) is 2.05. The van der Waals surface area contributed by atoms with Crippen molar-refractivity contribution in [3.8, 4) is 0 Å². The van der Waals surface area contributed by atoms with Crippen LogP contribution in [0.1, 0.15) is 20.8 Å². The summed E-state index contributed by atoms with van der Waals surface area (Å²) >= 11 is 1.45. The highest BCUT2D eigenvalue weighted by Crippen LogP contribution is 2.28. The Morgan fingerprint density at radius 3 is 2.77 bits per heavy atom. The van der Waals surface area contributed by atoms with Crippen LogP contribution in [0.25, 0.3) is 17.0 Å². The highest BCUT2D eigenvalue weighted by Gasteiger charge is 2.21. The molecule has 31 heavy (non-hydrogen) atoms. The van der Waals surface area contributed by atoms with Crippen LogP contribution in [0.3, 0.4) is 0 Å². The van der Waals surface area contributed by atoms with Gasteiger partial charge in [0.1, 0.15) is 0 Å². The predicted octanol–water partition coefficient (Wildman–Crippen LogP) is 5.02. The standard InChI is InChI=1S/C26H24N2O2S/c29-21(17-27-14-13-19-6-1-3-8-23(19)27)18-28-16-20(22-7-2-4-9-24(22)28)11-12-25(30)26-10-5-15-31-26/h1-12,15-16,21,29H,13-14,17-18H2/b12-11+/t21-/m0/s1. The fraction of sp³-hybridized carbons (Fsp3) is 0.192. The number of para-hydroxylation sites is 2. The highest BCUT2D eigenvalue weighted by atomic mass is 32.1. The number of aromatic nitrogens is 1. The first-order valence-electron chi connectivity index (χ1n) is 10.5.